The lowest BCUT2D eigenvalue weighted by Gasteiger charge is -2.33. The van der Waals surface area contributed by atoms with Crippen molar-refractivity contribution in [2.45, 2.75) is 19.4 Å². The minimum absolute atomic E-state index is 0.238. The molecule has 1 N–H and O–H groups in total. The summed E-state index contributed by atoms with van der Waals surface area (Å²) in [5.41, 5.74) is 1.21. The Morgan fingerprint density at radius 1 is 1.32 bits per heavy atom. The van der Waals surface area contributed by atoms with Crippen LogP contribution in [-0.4, -0.2) is 29.3 Å². The van der Waals surface area contributed by atoms with Crippen molar-refractivity contribution in [1.82, 2.24) is 4.98 Å². The van der Waals surface area contributed by atoms with Crippen LogP contribution in [0.1, 0.15) is 13.3 Å². The van der Waals surface area contributed by atoms with Gasteiger partial charge in [0, 0.05) is 19.3 Å². The zero-order chi connectivity index (χ0) is 13.2. The third kappa shape index (κ3) is 2.65. The molecule has 1 saturated heterocycles. The van der Waals surface area contributed by atoms with E-state index in [0.717, 1.165) is 18.1 Å². The minimum Gasteiger partial charge on any atom is -0.391 e. The quantitative estimate of drug-likeness (QED) is 0.914. The zero-order valence-electron chi connectivity index (χ0n) is 11.0. The van der Waals surface area contributed by atoms with Crippen molar-refractivity contribution >= 4 is 16.5 Å². The van der Waals surface area contributed by atoms with E-state index < -0.39 is 0 Å². The van der Waals surface area contributed by atoms with E-state index in [-0.39, 0.29) is 6.10 Å². The van der Waals surface area contributed by atoms with Crippen molar-refractivity contribution in [2.75, 3.05) is 18.0 Å². The van der Waals surface area contributed by atoms with Gasteiger partial charge < -0.3 is 10.0 Å². The van der Waals surface area contributed by atoms with Crippen LogP contribution in [0.15, 0.2) is 36.5 Å². The first-order chi connectivity index (χ1) is 9.24. The highest BCUT2D eigenvalue weighted by atomic mass is 32.1. The maximum absolute atomic E-state index is 9.97. The molecule has 0 spiro atoms. The van der Waals surface area contributed by atoms with E-state index in [1.165, 1.54) is 10.4 Å². The predicted octanol–water partition coefficient (Wildman–Crippen LogP) is 3.02. The third-order valence-corrected chi connectivity index (χ3v) is 4.85. The molecule has 0 amide bonds. The van der Waals surface area contributed by atoms with Gasteiger partial charge in [0.05, 0.1) is 11.0 Å². The van der Waals surface area contributed by atoms with Crippen molar-refractivity contribution < 1.29 is 5.11 Å². The Balaban J connectivity index is 1.79. The highest BCUT2D eigenvalue weighted by Crippen LogP contribution is 2.32. The summed E-state index contributed by atoms with van der Waals surface area (Å²) in [7, 11) is 0. The SMILES string of the molecule is CC1CCN(c2ncc(-c3ccccc3)s2)CC1O. The summed E-state index contributed by atoms with van der Waals surface area (Å²) in [6, 6.07) is 10.3. The Morgan fingerprint density at radius 3 is 2.84 bits per heavy atom. The van der Waals surface area contributed by atoms with Crippen LogP contribution in [0.3, 0.4) is 0 Å². The first-order valence-corrected chi connectivity index (χ1v) is 7.50. The minimum atomic E-state index is -0.238. The molecule has 100 valence electrons. The predicted molar refractivity (Wildman–Crippen MR) is 79.6 cm³/mol. The smallest absolute Gasteiger partial charge is 0.185 e. The van der Waals surface area contributed by atoms with E-state index in [1.807, 2.05) is 24.4 Å². The largest absolute Gasteiger partial charge is 0.391 e. The van der Waals surface area contributed by atoms with Gasteiger partial charge in [0.1, 0.15) is 0 Å². The monoisotopic (exact) mass is 274 g/mol. The fraction of sp³-hybridized carbons (Fsp3) is 0.400. The van der Waals surface area contributed by atoms with Gasteiger partial charge in [-0.1, -0.05) is 48.6 Å². The van der Waals surface area contributed by atoms with Crippen molar-refractivity contribution in [3.8, 4) is 10.4 Å². The molecule has 19 heavy (non-hydrogen) atoms. The van der Waals surface area contributed by atoms with Crippen molar-refractivity contribution in [3.63, 3.8) is 0 Å². The van der Waals surface area contributed by atoms with Crippen LogP contribution in [0.2, 0.25) is 0 Å². The average molecular weight is 274 g/mol. The fourth-order valence-electron chi connectivity index (χ4n) is 2.37. The summed E-state index contributed by atoms with van der Waals surface area (Å²) in [6.45, 7) is 3.79. The summed E-state index contributed by atoms with van der Waals surface area (Å²) in [6.07, 6.45) is 2.72. The highest BCUT2D eigenvalue weighted by Gasteiger charge is 2.25. The number of aliphatic hydroxyl groups excluding tert-OH is 1. The number of hydrogen-bond acceptors (Lipinski definition) is 4. The van der Waals surface area contributed by atoms with Gasteiger partial charge in [-0.3, -0.25) is 0 Å². The van der Waals surface area contributed by atoms with Crippen molar-refractivity contribution in [3.05, 3.63) is 36.5 Å². The topological polar surface area (TPSA) is 36.4 Å². The summed E-state index contributed by atoms with van der Waals surface area (Å²) >= 11 is 1.70. The summed E-state index contributed by atoms with van der Waals surface area (Å²) < 4.78 is 0. The van der Waals surface area contributed by atoms with Crippen LogP contribution in [0.25, 0.3) is 10.4 Å². The van der Waals surface area contributed by atoms with Crippen LogP contribution >= 0.6 is 11.3 Å². The molecule has 0 aliphatic carbocycles. The van der Waals surface area contributed by atoms with Gasteiger partial charge in [0.2, 0.25) is 0 Å². The molecule has 3 nitrogen and oxygen atoms in total. The molecule has 1 aliphatic heterocycles. The molecule has 4 heteroatoms. The lowest BCUT2D eigenvalue weighted by Crippen LogP contribution is -2.42. The van der Waals surface area contributed by atoms with Crippen LogP contribution in [-0.2, 0) is 0 Å². The van der Waals surface area contributed by atoms with Crippen molar-refractivity contribution in [2.24, 2.45) is 5.92 Å². The average Bonchev–Trinajstić information content (AvgIpc) is 2.93. The molecule has 1 aromatic carbocycles. The van der Waals surface area contributed by atoms with Gasteiger partial charge in [-0.05, 0) is 17.9 Å². The lowest BCUT2D eigenvalue weighted by molar-refractivity contribution is 0.103. The molecule has 1 aromatic heterocycles. The number of hydrogen-bond donors (Lipinski definition) is 1. The van der Waals surface area contributed by atoms with Gasteiger partial charge in [-0.2, -0.15) is 0 Å². The van der Waals surface area contributed by atoms with Crippen LogP contribution < -0.4 is 4.90 Å². The lowest BCUT2D eigenvalue weighted by atomic mass is 9.96. The van der Waals surface area contributed by atoms with Crippen molar-refractivity contribution in [1.29, 1.82) is 0 Å². The number of β-amino-alcohol motifs (C(OH)–C–C–N with tert-alkyl or cyclic N) is 1. The van der Waals surface area contributed by atoms with E-state index in [1.54, 1.807) is 11.3 Å². The molecule has 2 aromatic rings. The zero-order valence-corrected chi connectivity index (χ0v) is 11.8. The Labute approximate surface area is 117 Å². The number of aromatic nitrogens is 1. The fourth-order valence-corrected chi connectivity index (χ4v) is 3.33. The second-order valence-corrected chi connectivity index (χ2v) is 6.16. The molecule has 1 fully saturated rings. The number of aliphatic hydroxyl groups is 1. The van der Waals surface area contributed by atoms with Gasteiger partial charge in [-0.15, -0.1) is 0 Å². The van der Waals surface area contributed by atoms with Gasteiger partial charge >= 0.3 is 0 Å². The normalized spacial score (nSPS) is 23.6. The molecule has 0 saturated carbocycles. The molecule has 3 rings (SSSR count). The number of piperidine rings is 1. The molecule has 0 bridgehead atoms. The van der Waals surface area contributed by atoms with E-state index in [0.29, 0.717) is 12.5 Å². The second-order valence-electron chi connectivity index (χ2n) is 5.15. The van der Waals surface area contributed by atoms with Gasteiger partial charge in [0.25, 0.3) is 0 Å². The first kappa shape index (κ1) is 12.6. The molecule has 2 unspecified atom stereocenters. The molecule has 2 atom stereocenters. The summed E-state index contributed by atoms with van der Waals surface area (Å²) in [5, 5.41) is 11.0. The Kier molecular flexibility index (Phi) is 3.53. The number of anilines is 1. The molecular weight excluding hydrogens is 256 g/mol. The Bertz CT molecular complexity index is 540. The molecule has 1 aliphatic rings. The van der Waals surface area contributed by atoms with E-state index in [4.69, 9.17) is 0 Å². The number of rotatable bonds is 2. The molecule has 0 radical (unpaired) electrons. The summed E-state index contributed by atoms with van der Waals surface area (Å²) in [4.78, 5) is 7.89. The van der Waals surface area contributed by atoms with Crippen LogP contribution in [0.4, 0.5) is 5.13 Å². The number of thiazole rings is 1. The second kappa shape index (κ2) is 5.31. The first-order valence-electron chi connectivity index (χ1n) is 6.68. The van der Waals surface area contributed by atoms with E-state index in [2.05, 4.69) is 28.9 Å². The molecular formula is C15H18N2OS. The standard InChI is InChI=1S/C15H18N2OS/c1-11-7-8-17(10-13(11)18)15-16-9-14(19-15)12-5-3-2-4-6-12/h2-6,9,11,13,18H,7-8,10H2,1H3. The maximum atomic E-state index is 9.97. The van der Waals surface area contributed by atoms with E-state index >= 15 is 0 Å². The molecule has 2 heterocycles. The third-order valence-electron chi connectivity index (χ3n) is 3.74. The van der Waals surface area contributed by atoms with Crippen LogP contribution in [0, 0.1) is 5.92 Å². The Hall–Kier alpha value is -1.39. The van der Waals surface area contributed by atoms with Gasteiger partial charge in [0.15, 0.2) is 5.13 Å². The number of nitrogens with zero attached hydrogens (tertiary/aromatic N) is 2. The van der Waals surface area contributed by atoms with Gasteiger partial charge in [-0.25, -0.2) is 4.98 Å². The van der Waals surface area contributed by atoms with Crippen LogP contribution in [0.5, 0.6) is 0 Å². The Morgan fingerprint density at radius 2 is 2.11 bits per heavy atom. The highest BCUT2D eigenvalue weighted by molar-refractivity contribution is 7.18. The number of benzene rings is 1. The maximum Gasteiger partial charge on any atom is 0.185 e. The summed E-state index contributed by atoms with van der Waals surface area (Å²) in [5.74, 6) is 0.393. The van der Waals surface area contributed by atoms with E-state index in [9.17, 15) is 5.11 Å².